The minimum Gasteiger partial charge on any atom is -0.481 e. The van der Waals surface area contributed by atoms with Crippen molar-refractivity contribution >= 4 is 5.97 Å². The van der Waals surface area contributed by atoms with Gasteiger partial charge in [-0.05, 0) is 97.7 Å². The fraction of sp³-hybridized carbons (Fsp3) is 0.875. The molecule has 0 aromatic carbocycles. The summed E-state index contributed by atoms with van der Waals surface area (Å²) in [7, 11) is 0. The van der Waals surface area contributed by atoms with Crippen molar-refractivity contribution in [1.29, 1.82) is 0 Å². The molecule has 4 aliphatic carbocycles. The monoisotopic (exact) mass is 374 g/mol. The molecular formula is C24H38O3. The highest BCUT2D eigenvalue weighted by molar-refractivity contribution is 5.66. The molecule has 0 heterocycles. The van der Waals surface area contributed by atoms with E-state index in [2.05, 4.69) is 32.9 Å². The molecular weight excluding hydrogens is 336 g/mol. The molecule has 9 atom stereocenters. The number of rotatable bonds is 4. The third-order valence-electron chi connectivity index (χ3n) is 9.64. The van der Waals surface area contributed by atoms with Crippen molar-refractivity contribution in [3.05, 3.63) is 12.2 Å². The summed E-state index contributed by atoms with van der Waals surface area (Å²) in [6, 6.07) is 0. The molecule has 3 fully saturated rings. The number of carboxylic acids is 1. The lowest BCUT2D eigenvalue weighted by molar-refractivity contribution is -0.137. The van der Waals surface area contributed by atoms with Gasteiger partial charge in [0.05, 0.1) is 6.10 Å². The minimum atomic E-state index is -0.661. The first-order valence-corrected chi connectivity index (χ1v) is 11.3. The van der Waals surface area contributed by atoms with E-state index < -0.39 is 5.97 Å². The number of fused-ring (bicyclic) bond motifs is 5. The van der Waals surface area contributed by atoms with Gasteiger partial charge in [0.15, 0.2) is 0 Å². The van der Waals surface area contributed by atoms with Crippen LogP contribution in [0, 0.1) is 46.3 Å². The number of carboxylic acid groups (broad SMARTS) is 1. The summed E-state index contributed by atoms with van der Waals surface area (Å²) < 4.78 is 0. The molecule has 0 saturated heterocycles. The second-order valence-electron chi connectivity index (χ2n) is 10.8. The van der Waals surface area contributed by atoms with Crippen molar-refractivity contribution in [1.82, 2.24) is 0 Å². The maximum Gasteiger partial charge on any atom is 0.303 e. The van der Waals surface area contributed by atoms with Gasteiger partial charge in [-0.2, -0.15) is 0 Å². The predicted octanol–water partition coefficient (Wildman–Crippen LogP) is 5.28. The lowest BCUT2D eigenvalue weighted by Crippen LogP contribution is -2.52. The fourth-order valence-corrected chi connectivity index (χ4v) is 8.10. The van der Waals surface area contributed by atoms with Crippen LogP contribution in [0.5, 0.6) is 0 Å². The van der Waals surface area contributed by atoms with Gasteiger partial charge in [0.2, 0.25) is 0 Å². The summed E-state index contributed by atoms with van der Waals surface area (Å²) in [5.74, 6) is 3.35. The van der Waals surface area contributed by atoms with E-state index in [4.69, 9.17) is 5.11 Å². The molecule has 3 heteroatoms. The smallest absolute Gasteiger partial charge is 0.303 e. The summed E-state index contributed by atoms with van der Waals surface area (Å²) in [6.45, 7) is 7.26. The van der Waals surface area contributed by atoms with E-state index in [0.717, 1.165) is 31.1 Å². The Labute approximate surface area is 164 Å². The quantitative estimate of drug-likeness (QED) is 0.658. The predicted molar refractivity (Wildman–Crippen MR) is 107 cm³/mol. The number of aliphatic carboxylic acids is 1. The van der Waals surface area contributed by atoms with Crippen LogP contribution in [0.3, 0.4) is 0 Å². The standard InChI is InChI=1S/C24H38O3/c1-15(4-9-22(26)27)19-7-8-20-18-6-5-16-14-17(25)10-12-23(16,2)21(18)11-13-24(19,20)3/h11,13,15-21,25H,4-10,12,14H2,1-3H3,(H,26,27)/t15?,16-,17-,18?,19-,20?,21?,23+,24-/m1/s1. The van der Waals surface area contributed by atoms with Gasteiger partial charge in [-0.3, -0.25) is 4.79 Å². The third kappa shape index (κ3) is 3.09. The van der Waals surface area contributed by atoms with E-state index in [1.165, 1.54) is 32.1 Å². The van der Waals surface area contributed by atoms with E-state index >= 15 is 0 Å². The molecule has 27 heavy (non-hydrogen) atoms. The maximum atomic E-state index is 11.0. The van der Waals surface area contributed by atoms with Gasteiger partial charge in [-0.25, -0.2) is 0 Å². The fourth-order valence-electron chi connectivity index (χ4n) is 8.10. The Morgan fingerprint density at radius 1 is 1.19 bits per heavy atom. The van der Waals surface area contributed by atoms with Crippen LogP contribution in [-0.2, 0) is 4.79 Å². The van der Waals surface area contributed by atoms with Crippen molar-refractivity contribution in [3.8, 4) is 0 Å². The zero-order valence-electron chi connectivity index (χ0n) is 17.4. The van der Waals surface area contributed by atoms with Crippen LogP contribution in [0.25, 0.3) is 0 Å². The number of aliphatic hydroxyl groups is 1. The highest BCUT2D eigenvalue weighted by Gasteiger charge is 2.58. The molecule has 152 valence electrons. The topological polar surface area (TPSA) is 57.5 Å². The molecule has 0 aromatic rings. The molecule has 3 nitrogen and oxygen atoms in total. The average Bonchev–Trinajstić information content (AvgIpc) is 2.97. The Balaban J connectivity index is 1.56. The number of hydrogen-bond donors (Lipinski definition) is 2. The Kier molecular flexibility index (Phi) is 4.98. The normalized spacial score (nSPS) is 49.8. The molecule has 4 aliphatic rings. The van der Waals surface area contributed by atoms with Crippen LogP contribution >= 0.6 is 0 Å². The minimum absolute atomic E-state index is 0.0802. The van der Waals surface area contributed by atoms with E-state index in [9.17, 15) is 9.90 Å². The summed E-state index contributed by atoms with van der Waals surface area (Å²) in [5.41, 5.74) is 0.615. The molecule has 0 amide bonds. The van der Waals surface area contributed by atoms with Crippen molar-refractivity contribution in [2.45, 2.75) is 84.7 Å². The van der Waals surface area contributed by atoms with E-state index in [-0.39, 0.29) is 11.5 Å². The highest BCUT2D eigenvalue weighted by Crippen LogP contribution is 2.66. The van der Waals surface area contributed by atoms with Crippen LogP contribution in [0.4, 0.5) is 0 Å². The zero-order valence-corrected chi connectivity index (χ0v) is 17.4. The van der Waals surface area contributed by atoms with Crippen LogP contribution < -0.4 is 0 Å². The first kappa shape index (κ1) is 19.5. The van der Waals surface area contributed by atoms with Gasteiger partial charge in [-0.1, -0.05) is 32.9 Å². The molecule has 4 rings (SSSR count). The second-order valence-corrected chi connectivity index (χ2v) is 10.8. The van der Waals surface area contributed by atoms with Crippen LogP contribution in [0.15, 0.2) is 12.2 Å². The molecule has 0 aliphatic heterocycles. The number of hydrogen-bond acceptors (Lipinski definition) is 2. The largest absolute Gasteiger partial charge is 0.481 e. The molecule has 3 saturated carbocycles. The van der Waals surface area contributed by atoms with Gasteiger partial charge in [0.25, 0.3) is 0 Å². The van der Waals surface area contributed by atoms with Gasteiger partial charge < -0.3 is 10.2 Å². The van der Waals surface area contributed by atoms with Crippen LogP contribution in [0.2, 0.25) is 0 Å². The summed E-state index contributed by atoms with van der Waals surface area (Å²) in [4.78, 5) is 11.0. The van der Waals surface area contributed by atoms with E-state index in [1.807, 2.05) is 0 Å². The lowest BCUT2D eigenvalue weighted by atomic mass is 9.46. The second kappa shape index (κ2) is 6.90. The number of aliphatic hydroxyl groups excluding tert-OH is 1. The first-order valence-electron chi connectivity index (χ1n) is 11.3. The Hall–Kier alpha value is -0.830. The van der Waals surface area contributed by atoms with Crippen molar-refractivity contribution < 1.29 is 15.0 Å². The van der Waals surface area contributed by atoms with Gasteiger partial charge in [0, 0.05) is 6.42 Å². The van der Waals surface area contributed by atoms with Crippen molar-refractivity contribution in [3.63, 3.8) is 0 Å². The van der Waals surface area contributed by atoms with Crippen molar-refractivity contribution in [2.24, 2.45) is 46.3 Å². The van der Waals surface area contributed by atoms with Gasteiger partial charge >= 0.3 is 5.97 Å². The summed E-state index contributed by atoms with van der Waals surface area (Å²) in [6.07, 6.45) is 14.5. The Bertz CT molecular complexity index is 613. The molecule has 0 aromatic heterocycles. The highest BCUT2D eigenvalue weighted by atomic mass is 16.4. The molecule has 4 unspecified atom stereocenters. The van der Waals surface area contributed by atoms with Crippen LogP contribution in [-0.4, -0.2) is 22.3 Å². The van der Waals surface area contributed by atoms with E-state index in [0.29, 0.717) is 35.5 Å². The molecule has 0 radical (unpaired) electrons. The zero-order chi connectivity index (χ0) is 19.4. The van der Waals surface area contributed by atoms with Gasteiger partial charge in [0.1, 0.15) is 0 Å². The number of allylic oxidation sites excluding steroid dienone is 2. The molecule has 0 bridgehead atoms. The summed E-state index contributed by atoms with van der Waals surface area (Å²) in [5, 5.41) is 19.3. The van der Waals surface area contributed by atoms with Crippen molar-refractivity contribution in [2.75, 3.05) is 0 Å². The van der Waals surface area contributed by atoms with Crippen LogP contribution in [0.1, 0.15) is 78.6 Å². The third-order valence-corrected chi connectivity index (χ3v) is 9.64. The maximum absolute atomic E-state index is 11.0. The number of carbonyl (C=O) groups is 1. The SMILES string of the molecule is CC(CCC(=O)O)[C@H]1CCC2C3CC[C@@H]4C[C@H](O)CC[C@]4(C)C3C=C[C@@]21C. The molecule has 0 spiro atoms. The first-order chi connectivity index (χ1) is 12.8. The van der Waals surface area contributed by atoms with Gasteiger partial charge in [-0.15, -0.1) is 0 Å². The Morgan fingerprint density at radius 2 is 1.96 bits per heavy atom. The molecule has 2 N–H and O–H groups in total. The lowest BCUT2D eigenvalue weighted by Gasteiger charge is -2.58. The average molecular weight is 375 g/mol. The summed E-state index contributed by atoms with van der Waals surface area (Å²) >= 11 is 0. The Morgan fingerprint density at radius 3 is 2.70 bits per heavy atom. The van der Waals surface area contributed by atoms with E-state index in [1.54, 1.807) is 0 Å².